The van der Waals surface area contributed by atoms with Crippen LogP contribution in [-0.2, 0) is 32.2 Å². The number of fused-ring (bicyclic) bond motifs is 1. The van der Waals surface area contributed by atoms with Gasteiger partial charge in [0.25, 0.3) is 0 Å². The van der Waals surface area contributed by atoms with Gasteiger partial charge in [-0.05, 0) is 26.3 Å². The van der Waals surface area contributed by atoms with Gasteiger partial charge in [0.1, 0.15) is 0 Å². The summed E-state index contributed by atoms with van der Waals surface area (Å²) in [6, 6.07) is 12.3. The molecule has 0 saturated carbocycles. The van der Waals surface area contributed by atoms with Crippen molar-refractivity contribution in [3.05, 3.63) is 80.7 Å². The second kappa shape index (κ2) is 8.26. The van der Waals surface area contributed by atoms with Gasteiger partial charge in [-0.2, -0.15) is 5.20 Å². The molecule has 25 heavy (non-hydrogen) atoms. The summed E-state index contributed by atoms with van der Waals surface area (Å²) in [4.78, 5) is 0. The largest absolute Gasteiger partial charge is 3.00 e. The summed E-state index contributed by atoms with van der Waals surface area (Å²) in [5.41, 5.74) is 7.78. The summed E-state index contributed by atoms with van der Waals surface area (Å²) in [6.07, 6.45) is 7.44. The fourth-order valence-electron chi connectivity index (χ4n) is 4.76. The first-order valence-electron chi connectivity index (χ1n) is 8.28. The minimum atomic E-state index is -0.963. The normalized spacial score (nSPS) is 26.2. The molecule has 5 rings (SSSR count). The van der Waals surface area contributed by atoms with Gasteiger partial charge < -0.3 is 24.8 Å². The maximum absolute atomic E-state index is 3.93. The Labute approximate surface area is 185 Å². The molecule has 2 aliphatic heterocycles. The average Bonchev–Trinajstić information content (AvgIpc) is 3.08. The van der Waals surface area contributed by atoms with Gasteiger partial charge in [-0.1, -0.05) is 71.0 Å². The first-order valence-corrected chi connectivity index (χ1v) is 10.3. The van der Waals surface area contributed by atoms with Gasteiger partial charge in [-0.3, -0.25) is 6.08 Å². The van der Waals surface area contributed by atoms with Crippen molar-refractivity contribution in [2.45, 2.75) is 40.2 Å². The summed E-state index contributed by atoms with van der Waals surface area (Å²) < 4.78 is 0. The molecule has 2 atom stereocenters. The van der Waals surface area contributed by atoms with E-state index in [0.717, 1.165) is 6.42 Å². The Bertz CT molecular complexity index is 789. The third kappa shape index (κ3) is 3.53. The van der Waals surface area contributed by atoms with Crippen LogP contribution in [0.3, 0.4) is 0 Å². The molecule has 1 aromatic rings. The molecule has 0 N–H and O–H groups in total. The number of benzene rings is 1. The fourth-order valence-corrected chi connectivity index (χ4v) is 8.73. The van der Waals surface area contributed by atoms with Crippen LogP contribution >= 0.6 is 0 Å². The molecule has 0 saturated heterocycles. The van der Waals surface area contributed by atoms with E-state index in [9.17, 15) is 0 Å². The van der Waals surface area contributed by atoms with Crippen LogP contribution in [0.1, 0.15) is 39.7 Å². The molecule has 0 amide bonds. The molecule has 4 heteroatoms. The first kappa shape index (κ1) is 22.9. The average molecular weight is 466 g/mol. The predicted octanol–water partition coefficient (Wildman–Crippen LogP) is -1.17. The van der Waals surface area contributed by atoms with Gasteiger partial charge in [-0.25, -0.2) is 10.8 Å². The van der Waals surface area contributed by atoms with Crippen LogP contribution in [-0.4, -0.2) is 8.80 Å². The molecule has 2 unspecified atom stereocenters. The Morgan fingerprint density at radius 3 is 2.28 bits per heavy atom. The van der Waals surface area contributed by atoms with E-state index in [2.05, 4.69) is 70.2 Å². The van der Waals surface area contributed by atoms with Crippen molar-refractivity contribution in [3.63, 3.8) is 0 Å². The Morgan fingerprint density at radius 2 is 1.72 bits per heavy atom. The second-order valence-electron chi connectivity index (χ2n) is 7.27. The zero-order valence-corrected chi connectivity index (χ0v) is 20.3. The molecular weight excluding hydrogens is 442 g/mol. The molecule has 4 aliphatic rings. The number of allylic oxidation sites excluding steroid dienone is 8. The molecule has 2 heterocycles. The van der Waals surface area contributed by atoms with Crippen molar-refractivity contribution in [2.75, 3.05) is 0 Å². The van der Waals surface area contributed by atoms with Crippen LogP contribution in [0.5, 0.6) is 0 Å². The molecule has 2 bridgehead atoms. The molecule has 2 aliphatic carbocycles. The number of hydrogen-bond donors (Lipinski definition) is 0. The first-order chi connectivity index (χ1) is 10.5. The molecule has 129 valence electrons. The minimum Gasteiger partial charge on any atom is -1.00 e. The van der Waals surface area contributed by atoms with E-state index in [4.69, 9.17) is 0 Å². The molecule has 1 aromatic carbocycles. The van der Waals surface area contributed by atoms with E-state index in [1.165, 1.54) is 22.8 Å². The van der Waals surface area contributed by atoms with Crippen molar-refractivity contribution < 1.29 is 51.0 Å². The van der Waals surface area contributed by atoms with Crippen LogP contribution in [0.25, 0.3) is 0 Å². The molecular formula is C21H23Cl2SiZr. The standard InChI is InChI=1S/C21H23Si.2ClH.Zr/c1-14-10-15(2)18(11-14)21(4)12-19-16(3)20(21)22(19)13-17-8-6-5-7-9-17;;;/h5-10,22H,11,13H2,1-4H3;2*1H;/q-1;;;+3/p-2. The zero-order chi connectivity index (χ0) is 15.5. The quantitative estimate of drug-likeness (QED) is 0.390. The zero-order valence-electron chi connectivity index (χ0n) is 15.2. The summed E-state index contributed by atoms with van der Waals surface area (Å²) in [5, 5.41) is 3.38. The minimum absolute atomic E-state index is 0. The third-order valence-electron chi connectivity index (χ3n) is 5.71. The predicted molar refractivity (Wildman–Crippen MR) is 95.9 cm³/mol. The number of rotatable bonds is 3. The van der Waals surface area contributed by atoms with E-state index in [-0.39, 0.29) is 56.4 Å². The Morgan fingerprint density at radius 1 is 1.08 bits per heavy atom. The van der Waals surface area contributed by atoms with Crippen molar-refractivity contribution in [2.24, 2.45) is 5.41 Å². The number of halogens is 2. The van der Waals surface area contributed by atoms with Gasteiger partial charge >= 0.3 is 26.2 Å². The van der Waals surface area contributed by atoms with Gasteiger partial charge in [0.2, 0.25) is 0 Å². The summed E-state index contributed by atoms with van der Waals surface area (Å²) in [6.45, 7) is 9.28. The Balaban J connectivity index is 0.00000104. The van der Waals surface area contributed by atoms with Crippen molar-refractivity contribution in [1.29, 1.82) is 0 Å². The van der Waals surface area contributed by atoms with Gasteiger partial charge in [0, 0.05) is 8.80 Å². The summed E-state index contributed by atoms with van der Waals surface area (Å²) >= 11 is 0. The van der Waals surface area contributed by atoms with Crippen LogP contribution in [0.15, 0.2) is 69.1 Å². The van der Waals surface area contributed by atoms with Crippen LogP contribution < -0.4 is 24.8 Å². The molecule has 0 aromatic heterocycles. The van der Waals surface area contributed by atoms with Gasteiger partial charge in [0.15, 0.2) is 0 Å². The second-order valence-corrected chi connectivity index (χ2v) is 9.94. The monoisotopic (exact) mass is 463 g/mol. The molecule has 1 radical (unpaired) electrons. The molecule has 0 nitrogen and oxygen atoms in total. The van der Waals surface area contributed by atoms with E-state index >= 15 is 0 Å². The topological polar surface area (TPSA) is 0 Å². The summed E-state index contributed by atoms with van der Waals surface area (Å²) in [7, 11) is -0.963. The van der Waals surface area contributed by atoms with Crippen molar-refractivity contribution >= 4 is 8.80 Å². The van der Waals surface area contributed by atoms with E-state index in [1.54, 1.807) is 21.5 Å². The van der Waals surface area contributed by atoms with Gasteiger partial charge in [-0.15, -0.1) is 6.92 Å². The van der Waals surface area contributed by atoms with Gasteiger partial charge in [0.05, 0.1) is 0 Å². The smallest absolute Gasteiger partial charge is 1.00 e. The molecule has 0 spiro atoms. The van der Waals surface area contributed by atoms with Crippen molar-refractivity contribution in [3.8, 4) is 0 Å². The number of hydrogen-bond acceptors (Lipinski definition) is 0. The van der Waals surface area contributed by atoms with E-state index < -0.39 is 8.80 Å². The van der Waals surface area contributed by atoms with Crippen LogP contribution in [0.4, 0.5) is 0 Å². The maximum Gasteiger partial charge on any atom is 3.00 e. The maximum atomic E-state index is 3.93. The SMILES string of the molecule is CC1=CC(C)=C(C2(C)[C-]=C3C(C)=C2[SiH]3Cc2ccccc2)C1.[Cl-].[Cl-].[Zr+3]. The van der Waals surface area contributed by atoms with Crippen molar-refractivity contribution in [1.82, 2.24) is 0 Å². The fraction of sp³-hybridized carbons (Fsp3) is 0.333. The summed E-state index contributed by atoms with van der Waals surface area (Å²) in [5.74, 6) is 0. The van der Waals surface area contributed by atoms with E-state index in [0.29, 0.717) is 0 Å². The van der Waals surface area contributed by atoms with Crippen LogP contribution in [0, 0.1) is 11.5 Å². The van der Waals surface area contributed by atoms with E-state index in [1.807, 2.05) is 0 Å². The third-order valence-corrected chi connectivity index (χ3v) is 9.57. The van der Waals surface area contributed by atoms with Crippen LogP contribution in [0.2, 0.25) is 0 Å². The Kier molecular flexibility index (Phi) is 7.56. The Hall–Kier alpha value is -0.140. The molecule has 0 fully saturated rings.